The number of nitrogens with zero attached hydrogens (tertiary/aromatic N) is 2. The number of rotatable bonds is 2. The summed E-state index contributed by atoms with van der Waals surface area (Å²) in [6, 6.07) is 7.92. The molecule has 1 unspecified atom stereocenters. The molecule has 0 aromatic heterocycles. The maximum atomic E-state index is 12.5. The number of hydrogen-bond acceptors (Lipinski definition) is 2. The van der Waals surface area contributed by atoms with Crippen molar-refractivity contribution in [2.45, 2.75) is 32.6 Å². The second-order valence-corrected chi connectivity index (χ2v) is 6.13. The summed E-state index contributed by atoms with van der Waals surface area (Å²) in [5.74, 6) is 0.0604. The molecular formula is C17H22N2O2. The summed E-state index contributed by atoms with van der Waals surface area (Å²) >= 11 is 0. The van der Waals surface area contributed by atoms with E-state index >= 15 is 0 Å². The first-order valence-corrected chi connectivity index (χ1v) is 7.81. The van der Waals surface area contributed by atoms with Crippen LogP contribution in [0, 0.1) is 12.8 Å². The van der Waals surface area contributed by atoms with Crippen LogP contribution in [0.2, 0.25) is 0 Å². The summed E-state index contributed by atoms with van der Waals surface area (Å²) in [4.78, 5) is 28.5. The summed E-state index contributed by atoms with van der Waals surface area (Å²) in [7, 11) is 0. The van der Waals surface area contributed by atoms with Gasteiger partial charge in [-0.1, -0.05) is 12.1 Å². The zero-order chi connectivity index (χ0) is 14.8. The fourth-order valence-electron chi connectivity index (χ4n) is 3.29. The maximum absolute atomic E-state index is 12.5. The molecule has 1 aromatic carbocycles. The van der Waals surface area contributed by atoms with E-state index in [2.05, 4.69) is 0 Å². The third-order valence-corrected chi connectivity index (χ3v) is 4.46. The predicted molar refractivity (Wildman–Crippen MR) is 82.1 cm³/mol. The standard InChI is InChI=1S/C17H22N2O2/c1-13-6-5-7-15(10-13)19-12-14(11-16(19)20)17(21)18-8-3-2-4-9-18/h5-7,10,14H,2-4,8-9,11-12H2,1H3. The van der Waals surface area contributed by atoms with Gasteiger partial charge in [0.25, 0.3) is 0 Å². The minimum absolute atomic E-state index is 0.0657. The molecule has 0 bridgehead atoms. The molecule has 3 rings (SSSR count). The molecule has 21 heavy (non-hydrogen) atoms. The molecule has 2 aliphatic heterocycles. The molecule has 0 radical (unpaired) electrons. The quantitative estimate of drug-likeness (QED) is 0.837. The van der Waals surface area contributed by atoms with Crippen LogP contribution in [-0.2, 0) is 9.59 Å². The van der Waals surface area contributed by atoms with Crippen molar-refractivity contribution < 1.29 is 9.59 Å². The van der Waals surface area contributed by atoms with Crippen LogP contribution in [0.4, 0.5) is 5.69 Å². The smallest absolute Gasteiger partial charge is 0.228 e. The SMILES string of the molecule is Cc1cccc(N2CC(C(=O)N3CCCCC3)CC2=O)c1. The Labute approximate surface area is 125 Å². The first-order valence-electron chi connectivity index (χ1n) is 7.81. The molecule has 2 saturated heterocycles. The third kappa shape index (κ3) is 2.94. The summed E-state index contributed by atoms with van der Waals surface area (Å²) in [5.41, 5.74) is 2.04. The first-order chi connectivity index (χ1) is 10.1. The average molecular weight is 286 g/mol. The lowest BCUT2D eigenvalue weighted by atomic mass is 10.0. The molecule has 0 aliphatic carbocycles. The molecule has 2 heterocycles. The van der Waals surface area contributed by atoms with E-state index < -0.39 is 0 Å². The van der Waals surface area contributed by atoms with E-state index in [0.29, 0.717) is 13.0 Å². The number of benzene rings is 1. The van der Waals surface area contributed by atoms with Gasteiger partial charge in [0.15, 0.2) is 0 Å². The average Bonchev–Trinajstić information content (AvgIpc) is 2.89. The number of anilines is 1. The highest BCUT2D eigenvalue weighted by atomic mass is 16.2. The Hall–Kier alpha value is -1.84. The third-order valence-electron chi connectivity index (χ3n) is 4.46. The molecule has 2 aliphatic rings. The predicted octanol–water partition coefficient (Wildman–Crippen LogP) is 2.36. The van der Waals surface area contributed by atoms with Crippen LogP contribution in [0.3, 0.4) is 0 Å². The minimum Gasteiger partial charge on any atom is -0.342 e. The molecular weight excluding hydrogens is 264 g/mol. The molecule has 1 atom stereocenters. The summed E-state index contributed by atoms with van der Waals surface area (Å²) in [6.45, 7) is 4.25. The monoisotopic (exact) mass is 286 g/mol. The Balaban J connectivity index is 1.70. The van der Waals surface area contributed by atoms with Gasteiger partial charge in [-0.15, -0.1) is 0 Å². The Morgan fingerprint density at radius 3 is 2.67 bits per heavy atom. The largest absolute Gasteiger partial charge is 0.342 e. The van der Waals surface area contributed by atoms with Crippen molar-refractivity contribution in [2.24, 2.45) is 5.92 Å². The molecule has 2 amide bonds. The van der Waals surface area contributed by atoms with Crippen molar-refractivity contribution in [3.8, 4) is 0 Å². The zero-order valence-corrected chi connectivity index (χ0v) is 12.5. The molecule has 0 spiro atoms. The molecule has 1 aromatic rings. The van der Waals surface area contributed by atoms with Crippen molar-refractivity contribution >= 4 is 17.5 Å². The molecule has 0 saturated carbocycles. The molecule has 112 valence electrons. The van der Waals surface area contributed by atoms with E-state index in [1.54, 1.807) is 4.90 Å². The van der Waals surface area contributed by atoms with Crippen molar-refractivity contribution in [1.82, 2.24) is 4.90 Å². The van der Waals surface area contributed by atoms with Gasteiger partial charge in [0.2, 0.25) is 11.8 Å². The van der Waals surface area contributed by atoms with Crippen LogP contribution >= 0.6 is 0 Å². The lowest BCUT2D eigenvalue weighted by Gasteiger charge is -2.29. The lowest BCUT2D eigenvalue weighted by molar-refractivity contribution is -0.136. The number of likely N-dealkylation sites (tertiary alicyclic amines) is 1. The van der Waals surface area contributed by atoms with E-state index in [1.807, 2.05) is 36.1 Å². The van der Waals surface area contributed by atoms with Gasteiger partial charge in [0, 0.05) is 31.7 Å². The van der Waals surface area contributed by atoms with Crippen LogP contribution in [0.25, 0.3) is 0 Å². The van der Waals surface area contributed by atoms with Crippen LogP contribution in [-0.4, -0.2) is 36.3 Å². The van der Waals surface area contributed by atoms with E-state index in [9.17, 15) is 9.59 Å². The van der Waals surface area contributed by atoms with E-state index in [0.717, 1.165) is 37.2 Å². The first kappa shape index (κ1) is 14.1. The Bertz CT molecular complexity index is 549. The Morgan fingerprint density at radius 1 is 1.19 bits per heavy atom. The van der Waals surface area contributed by atoms with Crippen LogP contribution in [0.1, 0.15) is 31.2 Å². The van der Waals surface area contributed by atoms with Crippen molar-refractivity contribution in [3.63, 3.8) is 0 Å². The molecule has 4 heteroatoms. The van der Waals surface area contributed by atoms with Crippen molar-refractivity contribution in [2.75, 3.05) is 24.5 Å². The van der Waals surface area contributed by atoms with Gasteiger partial charge < -0.3 is 9.80 Å². The topological polar surface area (TPSA) is 40.6 Å². The molecule has 4 nitrogen and oxygen atoms in total. The minimum atomic E-state index is -0.170. The number of carbonyl (C=O) groups is 2. The number of hydrogen-bond donors (Lipinski definition) is 0. The lowest BCUT2D eigenvalue weighted by Crippen LogP contribution is -2.40. The summed E-state index contributed by atoms with van der Waals surface area (Å²) in [6.07, 6.45) is 3.74. The normalized spacial score (nSPS) is 22.7. The van der Waals surface area contributed by atoms with E-state index in [4.69, 9.17) is 0 Å². The summed E-state index contributed by atoms with van der Waals surface area (Å²) < 4.78 is 0. The van der Waals surface area contributed by atoms with E-state index in [1.165, 1.54) is 6.42 Å². The van der Waals surface area contributed by atoms with Crippen molar-refractivity contribution in [3.05, 3.63) is 29.8 Å². The van der Waals surface area contributed by atoms with Crippen molar-refractivity contribution in [1.29, 1.82) is 0 Å². The highest BCUT2D eigenvalue weighted by Crippen LogP contribution is 2.27. The molecule has 0 N–H and O–H groups in total. The fraction of sp³-hybridized carbons (Fsp3) is 0.529. The number of carbonyl (C=O) groups excluding carboxylic acids is 2. The maximum Gasteiger partial charge on any atom is 0.228 e. The number of amides is 2. The second-order valence-electron chi connectivity index (χ2n) is 6.13. The molecule has 2 fully saturated rings. The van der Waals surface area contributed by atoms with Gasteiger partial charge in [-0.25, -0.2) is 0 Å². The highest BCUT2D eigenvalue weighted by molar-refractivity contribution is 6.00. The van der Waals surface area contributed by atoms with Gasteiger partial charge in [-0.3, -0.25) is 9.59 Å². The van der Waals surface area contributed by atoms with Gasteiger partial charge >= 0.3 is 0 Å². The fourth-order valence-corrected chi connectivity index (χ4v) is 3.29. The Kier molecular flexibility index (Phi) is 3.95. The summed E-state index contributed by atoms with van der Waals surface area (Å²) in [5, 5.41) is 0. The highest BCUT2D eigenvalue weighted by Gasteiger charge is 2.37. The van der Waals surface area contributed by atoms with E-state index in [-0.39, 0.29) is 17.7 Å². The van der Waals surface area contributed by atoms with Crippen LogP contribution < -0.4 is 4.90 Å². The Morgan fingerprint density at radius 2 is 1.95 bits per heavy atom. The zero-order valence-electron chi connectivity index (χ0n) is 12.5. The van der Waals surface area contributed by atoms with Gasteiger partial charge in [-0.2, -0.15) is 0 Å². The number of aryl methyl sites for hydroxylation is 1. The van der Waals surface area contributed by atoms with Gasteiger partial charge in [0.1, 0.15) is 0 Å². The van der Waals surface area contributed by atoms with Crippen LogP contribution in [0.15, 0.2) is 24.3 Å². The van der Waals surface area contributed by atoms with Crippen LogP contribution in [0.5, 0.6) is 0 Å². The number of piperidine rings is 1. The van der Waals surface area contributed by atoms with Gasteiger partial charge in [0.05, 0.1) is 5.92 Å². The van der Waals surface area contributed by atoms with Gasteiger partial charge in [-0.05, 0) is 43.9 Å². The second kappa shape index (κ2) is 5.88.